The van der Waals surface area contributed by atoms with Gasteiger partial charge in [-0.3, -0.25) is 4.79 Å². The van der Waals surface area contributed by atoms with Gasteiger partial charge in [0.05, 0.1) is 17.1 Å². The van der Waals surface area contributed by atoms with Gasteiger partial charge in [-0.1, -0.05) is 12.1 Å². The van der Waals surface area contributed by atoms with E-state index in [1.54, 1.807) is 29.2 Å². The maximum absolute atomic E-state index is 14.0. The molecule has 29 heavy (non-hydrogen) atoms. The number of carbonyl (C=O) groups is 1. The lowest BCUT2D eigenvalue weighted by molar-refractivity contribution is -0.130. The summed E-state index contributed by atoms with van der Waals surface area (Å²) in [6, 6.07) is 11.4. The number of para-hydroxylation sites is 1. The van der Waals surface area contributed by atoms with Crippen LogP contribution in [0, 0.1) is 5.82 Å². The van der Waals surface area contributed by atoms with Gasteiger partial charge in [-0.25, -0.2) is 17.9 Å². The molecule has 2 heterocycles. The van der Waals surface area contributed by atoms with Crippen molar-refractivity contribution >= 4 is 27.3 Å². The van der Waals surface area contributed by atoms with E-state index >= 15 is 0 Å². The van der Waals surface area contributed by atoms with Crippen LogP contribution in [0.1, 0.15) is 5.56 Å². The second kappa shape index (κ2) is 7.64. The van der Waals surface area contributed by atoms with Crippen LogP contribution in [0.2, 0.25) is 0 Å². The summed E-state index contributed by atoms with van der Waals surface area (Å²) in [5.74, 6) is -0.235. The normalized spacial score (nSPS) is 16.8. The molecule has 0 spiro atoms. The highest BCUT2D eigenvalue weighted by molar-refractivity contribution is 7.89. The van der Waals surface area contributed by atoms with Gasteiger partial charge in [0.25, 0.3) is 0 Å². The smallest absolute Gasteiger partial charge is 0.242 e. The number of primary sulfonamides is 1. The van der Waals surface area contributed by atoms with E-state index in [9.17, 15) is 17.6 Å². The molecule has 0 saturated carbocycles. The molecule has 4 rings (SSSR count). The summed E-state index contributed by atoms with van der Waals surface area (Å²) in [7, 11) is -3.74. The van der Waals surface area contributed by atoms with Crippen LogP contribution in [0.15, 0.2) is 47.4 Å². The third-order valence-electron chi connectivity index (χ3n) is 5.52. The van der Waals surface area contributed by atoms with E-state index < -0.39 is 10.0 Å². The Hall–Kier alpha value is -2.65. The summed E-state index contributed by atoms with van der Waals surface area (Å²) in [5, 5.41) is 5.20. The first-order valence-electron chi connectivity index (χ1n) is 9.51. The third kappa shape index (κ3) is 4.06. The molecule has 7 nitrogen and oxygen atoms in total. The minimum atomic E-state index is -3.74. The van der Waals surface area contributed by atoms with E-state index in [0.29, 0.717) is 44.8 Å². The largest absolute Gasteiger partial charge is 0.366 e. The number of anilines is 2. The van der Waals surface area contributed by atoms with Crippen LogP contribution < -0.4 is 14.9 Å². The van der Waals surface area contributed by atoms with Crippen LogP contribution in [-0.4, -0.2) is 58.5 Å². The maximum Gasteiger partial charge on any atom is 0.242 e. The van der Waals surface area contributed by atoms with Gasteiger partial charge in [0.2, 0.25) is 15.9 Å². The van der Waals surface area contributed by atoms with Crippen molar-refractivity contribution in [1.82, 2.24) is 4.90 Å². The van der Waals surface area contributed by atoms with Crippen molar-refractivity contribution < 1.29 is 17.6 Å². The number of carbonyl (C=O) groups excluding carboxylic acids is 1. The Morgan fingerprint density at radius 2 is 1.72 bits per heavy atom. The van der Waals surface area contributed by atoms with Gasteiger partial charge in [0.1, 0.15) is 5.82 Å². The molecule has 154 valence electrons. The molecule has 0 unspecified atom stereocenters. The minimum absolute atomic E-state index is 0.0153. The van der Waals surface area contributed by atoms with Crippen LogP contribution in [-0.2, 0) is 21.2 Å². The second-order valence-electron chi connectivity index (χ2n) is 7.33. The number of nitrogens with zero attached hydrogens (tertiary/aromatic N) is 3. The molecule has 2 aliphatic rings. The first-order valence-corrected chi connectivity index (χ1v) is 11.1. The van der Waals surface area contributed by atoms with Crippen LogP contribution in [0.3, 0.4) is 0 Å². The third-order valence-corrected chi connectivity index (χ3v) is 6.43. The van der Waals surface area contributed by atoms with Crippen molar-refractivity contribution in [2.75, 3.05) is 49.1 Å². The number of halogens is 1. The van der Waals surface area contributed by atoms with Crippen LogP contribution in [0.4, 0.5) is 15.8 Å². The number of hydrogen-bond donors (Lipinski definition) is 1. The van der Waals surface area contributed by atoms with Crippen molar-refractivity contribution in [2.24, 2.45) is 5.14 Å². The molecule has 0 aromatic heterocycles. The van der Waals surface area contributed by atoms with Crippen molar-refractivity contribution in [2.45, 2.75) is 11.3 Å². The zero-order valence-corrected chi connectivity index (χ0v) is 16.7. The summed E-state index contributed by atoms with van der Waals surface area (Å²) < 4.78 is 37.0. The first kappa shape index (κ1) is 19.7. The molecule has 2 aromatic rings. The number of hydrogen-bond acceptors (Lipinski definition) is 5. The number of piperazine rings is 1. The van der Waals surface area contributed by atoms with Crippen molar-refractivity contribution in [1.29, 1.82) is 0 Å². The fourth-order valence-corrected chi connectivity index (χ4v) is 4.52. The van der Waals surface area contributed by atoms with Crippen LogP contribution >= 0.6 is 0 Å². The topological polar surface area (TPSA) is 86.9 Å². The standard InChI is InChI=1S/C20H23FN4O3S/c21-17-3-1-2-4-19(17)23-9-11-24(12-10-23)20(26)14-25-8-7-15-13-16(29(22,27)28)5-6-18(15)25/h1-6,13H,7-12,14H2,(H2,22,27,28). The number of sulfonamides is 1. The molecular weight excluding hydrogens is 395 g/mol. The van der Waals surface area contributed by atoms with E-state index in [1.165, 1.54) is 12.1 Å². The Morgan fingerprint density at radius 3 is 2.41 bits per heavy atom. The Morgan fingerprint density at radius 1 is 1.00 bits per heavy atom. The van der Waals surface area contributed by atoms with Crippen molar-refractivity contribution in [3.63, 3.8) is 0 Å². The number of benzene rings is 2. The molecule has 0 aliphatic carbocycles. The van der Waals surface area contributed by atoms with E-state index in [4.69, 9.17) is 5.14 Å². The summed E-state index contributed by atoms with van der Waals surface area (Å²) in [5.41, 5.74) is 2.32. The van der Waals surface area contributed by atoms with E-state index in [2.05, 4.69) is 0 Å². The molecule has 1 amide bonds. The number of fused-ring (bicyclic) bond motifs is 1. The van der Waals surface area contributed by atoms with Crippen molar-refractivity contribution in [3.05, 3.63) is 53.8 Å². The van der Waals surface area contributed by atoms with Gasteiger partial charge >= 0.3 is 0 Å². The van der Waals surface area contributed by atoms with E-state index in [1.807, 2.05) is 15.9 Å². The number of amides is 1. The molecule has 0 radical (unpaired) electrons. The summed E-state index contributed by atoms with van der Waals surface area (Å²) in [6.45, 7) is 3.14. The van der Waals surface area contributed by atoms with E-state index in [-0.39, 0.29) is 23.2 Å². The molecule has 2 aromatic carbocycles. The predicted octanol–water partition coefficient (Wildman–Crippen LogP) is 1.18. The number of rotatable bonds is 4. The molecule has 1 saturated heterocycles. The van der Waals surface area contributed by atoms with Gasteiger partial charge < -0.3 is 14.7 Å². The molecular formula is C20H23FN4O3S. The Balaban J connectivity index is 1.38. The predicted molar refractivity (Wildman–Crippen MR) is 109 cm³/mol. The molecule has 0 bridgehead atoms. The average molecular weight is 418 g/mol. The lowest BCUT2D eigenvalue weighted by atomic mass is 10.2. The molecule has 2 N–H and O–H groups in total. The van der Waals surface area contributed by atoms with E-state index in [0.717, 1.165) is 11.3 Å². The van der Waals surface area contributed by atoms with Gasteiger partial charge in [0, 0.05) is 38.4 Å². The lowest BCUT2D eigenvalue weighted by Gasteiger charge is -2.37. The molecule has 2 aliphatic heterocycles. The van der Waals surface area contributed by atoms with Crippen molar-refractivity contribution in [3.8, 4) is 0 Å². The zero-order valence-electron chi connectivity index (χ0n) is 15.9. The summed E-state index contributed by atoms with van der Waals surface area (Å²) >= 11 is 0. The van der Waals surface area contributed by atoms with Gasteiger partial charge in [-0.2, -0.15) is 0 Å². The van der Waals surface area contributed by atoms with Crippen LogP contribution in [0.5, 0.6) is 0 Å². The number of nitrogens with two attached hydrogens (primary N) is 1. The van der Waals surface area contributed by atoms with Gasteiger partial charge in [0.15, 0.2) is 0 Å². The highest BCUT2D eigenvalue weighted by Gasteiger charge is 2.27. The SMILES string of the molecule is NS(=O)(=O)c1ccc2c(c1)CCN2CC(=O)N1CCN(c2ccccc2F)CC1. The Kier molecular flexibility index (Phi) is 5.18. The Bertz CT molecular complexity index is 1040. The zero-order chi connectivity index (χ0) is 20.6. The Labute approximate surface area is 169 Å². The highest BCUT2D eigenvalue weighted by atomic mass is 32.2. The summed E-state index contributed by atoms with van der Waals surface area (Å²) in [4.78, 5) is 18.6. The monoisotopic (exact) mass is 418 g/mol. The second-order valence-corrected chi connectivity index (χ2v) is 8.89. The molecule has 9 heteroatoms. The average Bonchev–Trinajstić information content (AvgIpc) is 3.10. The molecule has 0 atom stereocenters. The first-order chi connectivity index (χ1) is 13.8. The fourth-order valence-electron chi connectivity index (χ4n) is 3.96. The summed E-state index contributed by atoms with van der Waals surface area (Å²) in [6.07, 6.45) is 0.674. The quantitative estimate of drug-likeness (QED) is 0.806. The maximum atomic E-state index is 14.0. The van der Waals surface area contributed by atoms with Gasteiger partial charge in [-0.05, 0) is 42.3 Å². The van der Waals surface area contributed by atoms with Crippen LogP contribution in [0.25, 0.3) is 0 Å². The minimum Gasteiger partial charge on any atom is -0.366 e. The lowest BCUT2D eigenvalue weighted by Crippen LogP contribution is -2.51. The fraction of sp³-hybridized carbons (Fsp3) is 0.350. The van der Waals surface area contributed by atoms with Gasteiger partial charge in [-0.15, -0.1) is 0 Å². The molecule has 1 fully saturated rings. The highest BCUT2D eigenvalue weighted by Crippen LogP contribution is 2.30.